The molecule has 0 aliphatic carbocycles. The predicted octanol–water partition coefficient (Wildman–Crippen LogP) is 1.99. The molecule has 1 heterocycles. The molecule has 0 radical (unpaired) electrons. The number of hydrogen-bond donors (Lipinski definition) is 1. The Labute approximate surface area is 123 Å². The first-order chi connectivity index (χ1) is 9.05. The molecule has 5 nitrogen and oxygen atoms in total. The van der Waals surface area contributed by atoms with E-state index in [0.717, 1.165) is 11.8 Å². The van der Waals surface area contributed by atoms with E-state index >= 15 is 0 Å². The number of nitrogens with zero attached hydrogens (tertiary/aromatic N) is 1. The average molecular weight is 318 g/mol. The summed E-state index contributed by atoms with van der Waals surface area (Å²) < 4.78 is 37.9. The van der Waals surface area contributed by atoms with Crippen LogP contribution in [0.4, 0.5) is 0 Å². The van der Waals surface area contributed by atoms with Gasteiger partial charge in [-0.1, -0.05) is 6.92 Å². The Kier molecular flexibility index (Phi) is 5.46. The topological polar surface area (TPSA) is 76.1 Å². The lowest BCUT2D eigenvalue weighted by Gasteiger charge is -2.23. The molecule has 0 aliphatic rings. The van der Waals surface area contributed by atoms with Gasteiger partial charge in [-0.2, -0.15) is 0 Å². The van der Waals surface area contributed by atoms with E-state index in [1.165, 1.54) is 12.3 Å². The van der Waals surface area contributed by atoms with E-state index in [2.05, 4.69) is 9.71 Å². The highest BCUT2D eigenvalue weighted by atomic mass is 32.2. The van der Waals surface area contributed by atoms with Crippen molar-refractivity contribution in [2.75, 3.05) is 6.26 Å². The minimum atomic E-state index is -3.34. The first-order valence-corrected chi connectivity index (χ1v) is 9.44. The summed E-state index contributed by atoms with van der Waals surface area (Å²) in [6.45, 7) is 7.62. The highest BCUT2D eigenvalue weighted by Crippen LogP contribution is 2.21. The van der Waals surface area contributed by atoms with Crippen LogP contribution in [0.1, 0.15) is 45.7 Å². The zero-order valence-corrected chi connectivity index (χ0v) is 14.1. The second-order valence-corrected chi connectivity index (χ2v) is 9.62. The zero-order chi connectivity index (χ0) is 15.6. The number of aromatic nitrogens is 1. The van der Waals surface area contributed by atoms with Crippen LogP contribution in [0.5, 0.6) is 0 Å². The molecule has 2 atom stereocenters. The Balaban J connectivity index is 3.05. The van der Waals surface area contributed by atoms with Crippen LogP contribution in [0.25, 0.3) is 0 Å². The van der Waals surface area contributed by atoms with Gasteiger partial charge >= 0.3 is 0 Å². The molecule has 1 rings (SSSR count). The summed E-state index contributed by atoms with van der Waals surface area (Å²) in [5, 5.41) is 0.0387. The largest absolute Gasteiger partial charge is 0.245 e. The van der Waals surface area contributed by atoms with Crippen molar-refractivity contribution in [3.05, 3.63) is 23.9 Å². The maximum atomic E-state index is 12.2. The molecule has 20 heavy (non-hydrogen) atoms. The van der Waals surface area contributed by atoms with Crippen molar-refractivity contribution in [2.24, 2.45) is 0 Å². The van der Waals surface area contributed by atoms with E-state index in [-0.39, 0.29) is 15.8 Å². The number of hydrogen-bond acceptors (Lipinski definition) is 4. The smallest absolute Gasteiger partial charge is 0.192 e. The van der Waals surface area contributed by atoms with Crippen molar-refractivity contribution in [2.45, 2.75) is 49.9 Å². The van der Waals surface area contributed by atoms with E-state index in [1.807, 2.05) is 27.7 Å². The molecule has 0 fully saturated rings. The summed E-state index contributed by atoms with van der Waals surface area (Å²) in [6, 6.07) is 3.12. The fraction of sp³-hybridized carbons (Fsp3) is 0.615. The fourth-order valence-corrected chi connectivity index (χ4v) is 3.05. The number of rotatable bonds is 5. The van der Waals surface area contributed by atoms with Gasteiger partial charge in [-0.25, -0.2) is 22.3 Å². The molecule has 0 aliphatic heterocycles. The second-order valence-electron chi connectivity index (χ2n) is 5.66. The van der Waals surface area contributed by atoms with Crippen molar-refractivity contribution in [1.82, 2.24) is 9.71 Å². The molecule has 1 N–H and O–H groups in total. The molecular weight excluding hydrogens is 296 g/mol. The lowest BCUT2D eigenvalue weighted by molar-refractivity contribution is 0.584. The van der Waals surface area contributed by atoms with Crippen LogP contribution in [0.2, 0.25) is 0 Å². The standard InChI is InChI=1S/C13H22N2O3S2/c1-6-11(15-19(16)13(2,3)4)10-7-8-14-12(9-10)20(5,17)18/h7-9,11,15H,6H2,1-5H3/t11-,19+/m0/s1. The van der Waals surface area contributed by atoms with Crippen molar-refractivity contribution < 1.29 is 12.6 Å². The second kappa shape index (κ2) is 6.32. The van der Waals surface area contributed by atoms with E-state index < -0.39 is 20.8 Å². The highest BCUT2D eigenvalue weighted by Gasteiger charge is 2.23. The van der Waals surface area contributed by atoms with Crippen molar-refractivity contribution >= 4 is 20.8 Å². The first-order valence-electron chi connectivity index (χ1n) is 6.39. The molecule has 0 aromatic carbocycles. The van der Waals surface area contributed by atoms with Crippen LogP contribution in [-0.4, -0.2) is 28.6 Å². The normalized spacial score (nSPS) is 15.8. The minimum absolute atomic E-state index is 0.0387. The third-order valence-corrected chi connectivity index (χ3v) is 5.35. The molecule has 0 saturated carbocycles. The van der Waals surface area contributed by atoms with Gasteiger partial charge in [0, 0.05) is 18.5 Å². The number of pyridine rings is 1. The molecule has 7 heteroatoms. The van der Waals surface area contributed by atoms with Crippen LogP contribution in [-0.2, 0) is 20.8 Å². The van der Waals surface area contributed by atoms with Gasteiger partial charge in [0.25, 0.3) is 0 Å². The summed E-state index contributed by atoms with van der Waals surface area (Å²) in [5.74, 6) is 0. The van der Waals surface area contributed by atoms with E-state index in [1.54, 1.807) is 6.07 Å². The van der Waals surface area contributed by atoms with E-state index in [0.29, 0.717) is 6.42 Å². The predicted molar refractivity (Wildman–Crippen MR) is 81.4 cm³/mol. The van der Waals surface area contributed by atoms with Gasteiger partial charge in [0.1, 0.15) is 0 Å². The lowest BCUT2D eigenvalue weighted by atomic mass is 10.1. The Morgan fingerprint density at radius 1 is 1.40 bits per heavy atom. The molecule has 0 bridgehead atoms. The van der Waals surface area contributed by atoms with Gasteiger partial charge in [0.2, 0.25) is 0 Å². The molecule has 114 valence electrons. The Morgan fingerprint density at radius 2 is 2.00 bits per heavy atom. The van der Waals surface area contributed by atoms with Crippen LogP contribution in [0.3, 0.4) is 0 Å². The van der Waals surface area contributed by atoms with Gasteiger partial charge in [0.05, 0.1) is 15.7 Å². The number of nitrogens with one attached hydrogen (secondary N) is 1. The molecular formula is C13H22N2O3S2. The summed E-state index contributed by atoms with van der Waals surface area (Å²) in [5.41, 5.74) is 0.778. The van der Waals surface area contributed by atoms with Gasteiger partial charge < -0.3 is 0 Å². The van der Waals surface area contributed by atoms with Gasteiger partial charge in [0.15, 0.2) is 14.9 Å². The van der Waals surface area contributed by atoms with Crippen LogP contribution < -0.4 is 4.72 Å². The maximum Gasteiger partial charge on any atom is 0.192 e. The molecule has 0 unspecified atom stereocenters. The lowest BCUT2D eigenvalue weighted by Crippen LogP contribution is -2.35. The summed E-state index contributed by atoms with van der Waals surface area (Å²) in [4.78, 5) is 3.86. The third kappa shape index (κ3) is 4.64. The van der Waals surface area contributed by atoms with Crippen LogP contribution in [0.15, 0.2) is 23.4 Å². The number of sulfone groups is 1. The van der Waals surface area contributed by atoms with Gasteiger partial charge in [-0.3, -0.25) is 0 Å². The first kappa shape index (κ1) is 17.3. The van der Waals surface area contributed by atoms with Crippen LogP contribution in [0, 0.1) is 0 Å². The average Bonchev–Trinajstić information content (AvgIpc) is 2.33. The maximum absolute atomic E-state index is 12.2. The Hall–Kier alpha value is -0.790. The Bertz CT molecular complexity index is 592. The van der Waals surface area contributed by atoms with Gasteiger partial charge in [-0.15, -0.1) is 0 Å². The van der Waals surface area contributed by atoms with Crippen molar-refractivity contribution in [3.8, 4) is 0 Å². The van der Waals surface area contributed by atoms with Crippen molar-refractivity contribution in [1.29, 1.82) is 0 Å². The Morgan fingerprint density at radius 3 is 2.45 bits per heavy atom. The molecule has 0 saturated heterocycles. The molecule has 0 amide bonds. The SMILES string of the molecule is CC[C@H](N[S@](=O)C(C)(C)C)c1ccnc(S(C)(=O)=O)c1. The van der Waals surface area contributed by atoms with Crippen LogP contribution >= 0.6 is 0 Å². The highest BCUT2D eigenvalue weighted by molar-refractivity contribution is 7.90. The third-order valence-electron chi connectivity index (χ3n) is 2.75. The summed E-state index contributed by atoms with van der Waals surface area (Å²) in [7, 11) is -4.55. The quantitative estimate of drug-likeness (QED) is 0.901. The zero-order valence-electron chi connectivity index (χ0n) is 12.5. The summed E-state index contributed by atoms with van der Waals surface area (Å²) in [6.07, 6.45) is 3.30. The van der Waals surface area contributed by atoms with Crippen molar-refractivity contribution in [3.63, 3.8) is 0 Å². The van der Waals surface area contributed by atoms with E-state index in [4.69, 9.17) is 0 Å². The monoisotopic (exact) mass is 318 g/mol. The van der Waals surface area contributed by atoms with E-state index in [9.17, 15) is 12.6 Å². The summed E-state index contributed by atoms with van der Waals surface area (Å²) >= 11 is 0. The molecule has 0 spiro atoms. The minimum Gasteiger partial charge on any atom is -0.245 e. The molecule has 1 aromatic heterocycles. The molecule has 1 aromatic rings. The fourth-order valence-electron chi connectivity index (χ4n) is 1.54. The van der Waals surface area contributed by atoms with Gasteiger partial charge in [-0.05, 0) is 44.9 Å².